The minimum atomic E-state index is -0.670. The Kier molecular flexibility index (Phi) is 4.01. The first kappa shape index (κ1) is 14.5. The second-order valence-corrected chi connectivity index (χ2v) is 5.53. The van der Waals surface area contributed by atoms with E-state index < -0.39 is 18.0 Å². The number of ether oxygens (including phenoxy) is 2. The molecule has 1 aliphatic rings. The molecular weight excluding hydrogens is 306 g/mol. The quantitative estimate of drug-likeness (QED) is 0.864. The highest BCUT2D eigenvalue weighted by molar-refractivity contribution is 7.13. The Morgan fingerprint density at radius 3 is 3.00 bits per heavy atom. The third-order valence-electron chi connectivity index (χ3n) is 3.38. The zero-order valence-electron chi connectivity index (χ0n) is 11.7. The predicted molar refractivity (Wildman–Crippen MR) is 78.5 cm³/mol. The predicted octanol–water partition coefficient (Wildman–Crippen LogP) is 1.79. The van der Waals surface area contributed by atoms with Gasteiger partial charge < -0.3 is 14.8 Å². The number of benzene rings is 1. The third-order valence-corrected chi connectivity index (χ3v) is 3.99. The lowest BCUT2D eigenvalue weighted by atomic mass is 9.94. The van der Waals surface area contributed by atoms with Crippen molar-refractivity contribution >= 4 is 28.3 Å². The summed E-state index contributed by atoms with van der Waals surface area (Å²) in [5, 5.41) is 10.5. The van der Waals surface area contributed by atoms with Gasteiger partial charge in [0, 0.05) is 5.56 Å². The Morgan fingerprint density at radius 2 is 2.27 bits per heavy atom. The van der Waals surface area contributed by atoms with E-state index in [9.17, 15) is 9.59 Å². The third kappa shape index (κ3) is 2.77. The second-order valence-electron chi connectivity index (χ2n) is 4.70. The molecule has 0 bridgehead atoms. The average molecular weight is 319 g/mol. The van der Waals surface area contributed by atoms with Crippen molar-refractivity contribution in [3.05, 3.63) is 35.3 Å². The zero-order chi connectivity index (χ0) is 15.5. The lowest BCUT2D eigenvalue weighted by Gasteiger charge is -2.19. The fourth-order valence-electron chi connectivity index (χ4n) is 2.40. The zero-order valence-corrected chi connectivity index (χ0v) is 12.5. The fourth-order valence-corrected chi connectivity index (χ4v) is 2.84. The number of carbonyl (C=O) groups is 2. The molecule has 3 rings (SSSR count). The molecule has 1 aromatic heterocycles. The first-order valence-electron chi connectivity index (χ1n) is 6.58. The van der Waals surface area contributed by atoms with Crippen molar-refractivity contribution in [3.8, 4) is 5.75 Å². The Morgan fingerprint density at radius 1 is 1.45 bits per heavy atom. The number of aromatic nitrogens is 2. The van der Waals surface area contributed by atoms with E-state index in [1.807, 2.05) is 12.1 Å². The van der Waals surface area contributed by atoms with Crippen LogP contribution in [0.15, 0.2) is 29.8 Å². The number of para-hydroxylation sites is 1. The lowest BCUT2D eigenvalue weighted by molar-refractivity contribution is -0.141. The lowest BCUT2D eigenvalue weighted by Crippen LogP contribution is -2.25. The molecule has 0 spiro atoms. The number of nitrogens with one attached hydrogen (secondary N) is 1. The highest BCUT2D eigenvalue weighted by Crippen LogP contribution is 2.40. The summed E-state index contributed by atoms with van der Waals surface area (Å²) in [6.45, 7) is 0. The van der Waals surface area contributed by atoms with Crippen molar-refractivity contribution < 1.29 is 19.1 Å². The summed E-state index contributed by atoms with van der Waals surface area (Å²) in [5.74, 6) is -0.782. The molecule has 1 fully saturated rings. The van der Waals surface area contributed by atoms with Crippen LogP contribution in [0, 0.1) is 5.92 Å². The summed E-state index contributed by atoms with van der Waals surface area (Å²) in [7, 11) is 1.53. The van der Waals surface area contributed by atoms with Crippen molar-refractivity contribution in [1.29, 1.82) is 0 Å². The second kappa shape index (κ2) is 6.10. The summed E-state index contributed by atoms with van der Waals surface area (Å²) in [5.41, 5.74) is 2.19. The number of cyclic esters (lactones) is 1. The van der Waals surface area contributed by atoms with E-state index >= 15 is 0 Å². The Labute approximate surface area is 130 Å². The molecule has 0 saturated carbocycles. The number of hydrogen-bond acceptors (Lipinski definition) is 7. The van der Waals surface area contributed by atoms with Gasteiger partial charge in [-0.05, 0) is 6.07 Å². The van der Waals surface area contributed by atoms with E-state index in [0.717, 1.165) is 0 Å². The van der Waals surface area contributed by atoms with Crippen LogP contribution in [-0.4, -0.2) is 29.2 Å². The van der Waals surface area contributed by atoms with E-state index in [1.54, 1.807) is 12.1 Å². The van der Waals surface area contributed by atoms with E-state index in [1.165, 1.54) is 24.0 Å². The molecule has 1 unspecified atom stereocenters. The Bertz CT molecular complexity index is 689. The number of amides is 1. The van der Waals surface area contributed by atoms with Gasteiger partial charge in [0.2, 0.25) is 11.0 Å². The molecule has 2 aromatic rings. The molecular formula is C14H13N3O4S. The molecule has 2 atom stereocenters. The van der Waals surface area contributed by atoms with Gasteiger partial charge in [-0.1, -0.05) is 29.5 Å². The molecule has 1 aliphatic heterocycles. The molecule has 1 amide bonds. The maximum Gasteiger partial charge on any atom is 0.307 e. The highest BCUT2D eigenvalue weighted by atomic mass is 32.1. The van der Waals surface area contributed by atoms with Crippen LogP contribution in [0.25, 0.3) is 0 Å². The summed E-state index contributed by atoms with van der Waals surface area (Å²) >= 11 is 1.21. The minimum absolute atomic E-state index is 0.0212. The van der Waals surface area contributed by atoms with Gasteiger partial charge in [0.05, 0.1) is 19.4 Å². The largest absolute Gasteiger partial charge is 0.496 e. The number of carbonyl (C=O) groups excluding carboxylic acids is 2. The molecule has 114 valence electrons. The fraction of sp³-hybridized carbons (Fsp3) is 0.286. The summed E-state index contributed by atoms with van der Waals surface area (Å²) in [6.07, 6.45) is -0.649. The number of methoxy groups -OCH3 is 1. The highest BCUT2D eigenvalue weighted by Gasteiger charge is 2.42. The van der Waals surface area contributed by atoms with Crippen LogP contribution < -0.4 is 10.1 Å². The molecule has 0 radical (unpaired) electrons. The Hall–Kier alpha value is -2.48. The molecule has 7 nitrogen and oxygen atoms in total. The molecule has 1 N–H and O–H groups in total. The summed E-state index contributed by atoms with van der Waals surface area (Å²) < 4.78 is 10.6. The first-order chi connectivity index (χ1) is 10.7. The molecule has 22 heavy (non-hydrogen) atoms. The van der Waals surface area contributed by atoms with Crippen LogP contribution in [0.3, 0.4) is 0 Å². The molecule has 1 aromatic carbocycles. The van der Waals surface area contributed by atoms with Gasteiger partial charge in [-0.25, -0.2) is 0 Å². The van der Waals surface area contributed by atoms with Gasteiger partial charge in [0.15, 0.2) is 0 Å². The van der Waals surface area contributed by atoms with E-state index in [2.05, 4.69) is 15.5 Å². The summed E-state index contributed by atoms with van der Waals surface area (Å²) in [4.78, 5) is 24.1. The van der Waals surface area contributed by atoms with Crippen molar-refractivity contribution in [2.75, 3.05) is 12.4 Å². The van der Waals surface area contributed by atoms with Crippen LogP contribution in [0.1, 0.15) is 18.1 Å². The molecule has 1 saturated heterocycles. The molecule has 0 aliphatic carbocycles. The van der Waals surface area contributed by atoms with Crippen LogP contribution >= 0.6 is 11.3 Å². The minimum Gasteiger partial charge on any atom is -0.496 e. The van der Waals surface area contributed by atoms with Gasteiger partial charge >= 0.3 is 5.97 Å². The maximum atomic E-state index is 12.4. The number of hydrogen-bond donors (Lipinski definition) is 1. The van der Waals surface area contributed by atoms with Crippen molar-refractivity contribution in [1.82, 2.24) is 10.2 Å². The Balaban J connectivity index is 1.86. The molecule has 2 heterocycles. The van der Waals surface area contributed by atoms with Gasteiger partial charge in [0.1, 0.15) is 17.4 Å². The maximum absolute atomic E-state index is 12.4. The molecule has 8 heteroatoms. The average Bonchev–Trinajstić information content (AvgIpc) is 3.16. The smallest absolute Gasteiger partial charge is 0.307 e. The first-order valence-corrected chi connectivity index (χ1v) is 7.46. The van der Waals surface area contributed by atoms with Gasteiger partial charge in [0.25, 0.3) is 0 Å². The van der Waals surface area contributed by atoms with Crippen LogP contribution in [0.4, 0.5) is 5.13 Å². The normalized spacial score (nSPS) is 20.5. The SMILES string of the molecule is COc1ccccc1C1OC(=O)C[C@@H]1C(=O)Nc1nncs1. The van der Waals surface area contributed by atoms with E-state index in [0.29, 0.717) is 16.4 Å². The monoisotopic (exact) mass is 319 g/mol. The number of nitrogens with zero attached hydrogens (tertiary/aromatic N) is 2. The number of esters is 1. The topological polar surface area (TPSA) is 90.4 Å². The van der Waals surface area contributed by atoms with Gasteiger partial charge in [-0.2, -0.15) is 0 Å². The van der Waals surface area contributed by atoms with Crippen molar-refractivity contribution in [3.63, 3.8) is 0 Å². The van der Waals surface area contributed by atoms with Gasteiger partial charge in [-0.15, -0.1) is 10.2 Å². The van der Waals surface area contributed by atoms with Crippen LogP contribution in [0.5, 0.6) is 5.75 Å². The van der Waals surface area contributed by atoms with Crippen LogP contribution in [0.2, 0.25) is 0 Å². The van der Waals surface area contributed by atoms with E-state index in [4.69, 9.17) is 9.47 Å². The standard InChI is InChI=1S/C14H13N3O4S/c1-20-10-5-3-2-4-8(10)12-9(6-11(18)21-12)13(19)16-14-17-15-7-22-14/h2-5,7,9,12H,6H2,1H3,(H,16,17,19)/t9-,12?/m0/s1. The number of anilines is 1. The van der Waals surface area contributed by atoms with Gasteiger partial charge in [-0.3, -0.25) is 9.59 Å². The van der Waals surface area contributed by atoms with Crippen LogP contribution in [-0.2, 0) is 14.3 Å². The number of rotatable bonds is 4. The van der Waals surface area contributed by atoms with E-state index in [-0.39, 0.29) is 12.3 Å². The van der Waals surface area contributed by atoms with Crippen molar-refractivity contribution in [2.24, 2.45) is 5.92 Å². The van der Waals surface area contributed by atoms with Crippen molar-refractivity contribution in [2.45, 2.75) is 12.5 Å². The summed E-state index contributed by atoms with van der Waals surface area (Å²) in [6, 6.07) is 7.17.